The minimum Gasteiger partial charge on any atom is -0.301 e. The molecule has 21 heavy (non-hydrogen) atoms. The topological polar surface area (TPSA) is 34.0 Å². The van der Waals surface area contributed by atoms with Gasteiger partial charge in [0.25, 0.3) is 0 Å². The average molecular weight is 284 g/mol. The van der Waals surface area contributed by atoms with Gasteiger partial charge in [-0.1, -0.05) is 6.07 Å². The molecule has 0 amide bonds. The Balaban J connectivity index is 1.47. The van der Waals surface area contributed by atoms with E-state index in [0.29, 0.717) is 0 Å². The standard InChI is InChI=1S/C17H24N4/c1-14-10-15(2)21(19-14)9-8-20-7-5-17(13-20)11-16-4-3-6-18-12-16/h3-4,6,10,12,17H,5,7-9,11,13H2,1-2H3. The molecule has 0 bridgehead atoms. The minimum atomic E-state index is 0.773. The van der Waals surface area contributed by atoms with Crippen molar-refractivity contribution >= 4 is 0 Å². The van der Waals surface area contributed by atoms with Crippen LogP contribution in [0.2, 0.25) is 0 Å². The number of pyridine rings is 1. The van der Waals surface area contributed by atoms with Gasteiger partial charge in [0.05, 0.1) is 12.2 Å². The molecular formula is C17H24N4. The summed E-state index contributed by atoms with van der Waals surface area (Å²) in [6, 6.07) is 6.37. The van der Waals surface area contributed by atoms with E-state index in [2.05, 4.69) is 45.6 Å². The van der Waals surface area contributed by atoms with Gasteiger partial charge in [-0.05, 0) is 56.8 Å². The van der Waals surface area contributed by atoms with E-state index in [1.807, 2.05) is 18.5 Å². The third kappa shape index (κ3) is 3.70. The fourth-order valence-corrected chi connectivity index (χ4v) is 3.27. The smallest absolute Gasteiger partial charge is 0.0596 e. The number of aromatic nitrogens is 3. The summed E-state index contributed by atoms with van der Waals surface area (Å²) in [4.78, 5) is 6.78. The van der Waals surface area contributed by atoms with Crippen LogP contribution in [0.4, 0.5) is 0 Å². The third-order valence-electron chi connectivity index (χ3n) is 4.35. The maximum Gasteiger partial charge on any atom is 0.0596 e. The van der Waals surface area contributed by atoms with E-state index in [1.54, 1.807) is 0 Å². The van der Waals surface area contributed by atoms with Gasteiger partial charge < -0.3 is 4.90 Å². The van der Waals surface area contributed by atoms with Crippen LogP contribution >= 0.6 is 0 Å². The lowest BCUT2D eigenvalue weighted by Gasteiger charge is -2.16. The zero-order valence-corrected chi connectivity index (χ0v) is 13.0. The lowest BCUT2D eigenvalue weighted by molar-refractivity contribution is 0.302. The second-order valence-electron chi connectivity index (χ2n) is 6.17. The summed E-state index contributed by atoms with van der Waals surface area (Å²) >= 11 is 0. The molecule has 0 saturated carbocycles. The van der Waals surface area contributed by atoms with Gasteiger partial charge >= 0.3 is 0 Å². The normalized spacial score (nSPS) is 19.2. The van der Waals surface area contributed by atoms with Crippen LogP contribution in [0.15, 0.2) is 30.6 Å². The molecule has 0 aliphatic carbocycles. The predicted molar refractivity (Wildman–Crippen MR) is 84.2 cm³/mol. The van der Waals surface area contributed by atoms with Crippen molar-refractivity contribution in [3.8, 4) is 0 Å². The van der Waals surface area contributed by atoms with E-state index in [9.17, 15) is 0 Å². The molecule has 4 nitrogen and oxygen atoms in total. The Morgan fingerprint density at radius 1 is 1.29 bits per heavy atom. The summed E-state index contributed by atoms with van der Waals surface area (Å²) in [6.07, 6.45) is 6.30. The van der Waals surface area contributed by atoms with Crippen LogP contribution in [0, 0.1) is 19.8 Å². The van der Waals surface area contributed by atoms with Crippen LogP contribution in [-0.4, -0.2) is 39.3 Å². The van der Waals surface area contributed by atoms with Gasteiger partial charge in [0.2, 0.25) is 0 Å². The monoisotopic (exact) mass is 284 g/mol. The first-order valence-electron chi connectivity index (χ1n) is 7.83. The lowest BCUT2D eigenvalue weighted by atomic mass is 10.0. The zero-order valence-electron chi connectivity index (χ0n) is 13.0. The first kappa shape index (κ1) is 14.3. The van der Waals surface area contributed by atoms with Gasteiger partial charge in [-0.2, -0.15) is 5.10 Å². The summed E-state index contributed by atoms with van der Waals surface area (Å²) in [7, 11) is 0. The predicted octanol–water partition coefficient (Wildman–Crippen LogP) is 2.46. The van der Waals surface area contributed by atoms with Gasteiger partial charge in [-0.3, -0.25) is 9.67 Å². The van der Waals surface area contributed by atoms with Gasteiger partial charge in [0.15, 0.2) is 0 Å². The van der Waals surface area contributed by atoms with E-state index in [0.717, 1.165) is 31.1 Å². The number of hydrogen-bond donors (Lipinski definition) is 0. The molecule has 0 aromatic carbocycles. The Morgan fingerprint density at radius 3 is 2.90 bits per heavy atom. The number of nitrogens with zero attached hydrogens (tertiary/aromatic N) is 4. The number of rotatable bonds is 5. The molecule has 0 spiro atoms. The molecule has 1 unspecified atom stereocenters. The maximum atomic E-state index is 4.54. The first-order chi connectivity index (χ1) is 10.2. The summed E-state index contributed by atoms with van der Waals surface area (Å²) in [5.74, 6) is 0.773. The fraction of sp³-hybridized carbons (Fsp3) is 0.529. The van der Waals surface area contributed by atoms with Crippen LogP contribution in [-0.2, 0) is 13.0 Å². The molecule has 0 N–H and O–H groups in total. The lowest BCUT2D eigenvalue weighted by Crippen LogP contribution is -2.26. The third-order valence-corrected chi connectivity index (χ3v) is 4.35. The van der Waals surface area contributed by atoms with Crippen LogP contribution in [0.3, 0.4) is 0 Å². The number of hydrogen-bond acceptors (Lipinski definition) is 3. The van der Waals surface area contributed by atoms with E-state index in [4.69, 9.17) is 0 Å². The van der Waals surface area contributed by atoms with Crippen molar-refractivity contribution in [3.05, 3.63) is 47.5 Å². The van der Waals surface area contributed by atoms with Gasteiger partial charge in [-0.25, -0.2) is 0 Å². The molecule has 1 aliphatic rings. The number of aryl methyl sites for hydroxylation is 2. The van der Waals surface area contributed by atoms with E-state index in [1.165, 1.54) is 30.8 Å². The average Bonchev–Trinajstić information content (AvgIpc) is 3.04. The molecule has 4 heteroatoms. The molecule has 1 aliphatic heterocycles. The summed E-state index contributed by atoms with van der Waals surface area (Å²) < 4.78 is 2.13. The van der Waals surface area contributed by atoms with E-state index >= 15 is 0 Å². The highest BCUT2D eigenvalue weighted by molar-refractivity contribution is 5.10. The maximum absolute atomic E-state index is 4.54. The van der Waals surface area contributed by atoms with Crippen LogP contribution < -0.4 is 0 Å². The molecule has 1 atom stereocenters. The van der Waals surface area contributed by atoms with E-state index < -0.39 is 0 Å². The Kier molecular flexibility index (Phi) is 4.34. The second kappa shape index (κ2) is 6.39. The van der Waals surface area contributed by atoms with Crippen molar-refractivity contribution in [2.75, 3.05) is 19.6 Å². The van der Waals surface area contributed by atoms with Gasteiger partial charge in [-0.15, -0.1) is 0 Å². The van der Waals surface area contributed by atoms with E-state index in [-0.39, 0.29) is 0 Å². The molecule has 1 fully saturated rings. The SMILES string of the molecule is Cc1cc(C)n(CCN2CCC(Cc3cccnc3)C2)n1. The molecular weight excluding hydrogens is 260 g/mol. The number of likely N-dealkylation sites (tertiary alicyclic amines) is 1. The Morgan fingerprint density at radius 2 is 2.19 bits per heavy atom. The molecule has 2 aromatic heterocycles. The summed E-state index contributed by atoms with van der Waals surface area (Å²) in [5.41, 5.74) is 3.74. The fourth-order valence-electron chi connectivity index (χ4n) is 3.27. The van der Waals surface area contributed by atoms with Crippen molar-refractivity contribution in [2.24, 2.45) is 5.92 Å². The van der Waals surface area contributed by atoms with Crippen molar-refractivity contribution < 1.29 is 0 Å². The minimum absolute atomic E-state index is 0.773. The molecule has 112 valence electrons. The second-order valence-corrected chi connectivity index (χ2v) is 6.17. The Hall–Kier alpha value is -1.68. The Bertz CT molecular complexity index is 576. The summed E-state index contributed by atoms with van der Waals surface area (Å²) in [6.45, 7) is 8.71. The highest BCUT2D eigenvalue weighted by Crippen LogP contribution is 2.20. The molecule has 3 heterocycles. The summed E-state index contributed by atoms with van der Waals surface area (Å²) in [5, 5.41) is 4.54. The van der Waals surface area contributed by atoms with Crippen molar-refractivity contribution in [3.63, 3.8) is 0 Å². The van der Waals surface area contributed by atoms with Crippen molar-refractivity contribution in [2.45, 2.75) is 33.2 Å². The molecule has 0 radical (unpaired) electrons. The van der Waals surface area contributed by atoms with Crippen molar-refractivity contribution in [1.29, 1.82) is 0 Å². The van der Waals surface area contributed by atoms with Crippen LogP contribution in [0.25, 0.3) is 0 Å². The highest BCUT2D eigenvalue weighted by atomic mass is 15.3. The van der Waals surface area contributed by atoms with Gasteiger partial charge in [0, 0.05) is 31.2 Å². The highest BCUT2D eigenvalue weighted by Gasteiger charge is 2.22. The quantitative estimate of drug-likeness (QED) is 0.846. The first-order valence-corrected chi connectivity index (χ1v) is 7.83. The van der Waals surface area contributed by atoms with Crippen LogP contribution in [0.5, 0.6) is 0 Å². The molecule has 3 rings (SSSR count). The van der Waals surface area contributed by atoms with Gasteiger partial charge in [0.1, 0.15) is 0 Å². The Labute approximate surface area is 126 Å². The largest absolute Gasteiger partial charge is 0.301 e. The molecule has 2 aromatic rings. The van der Waals surface area contributed by atoms with Crippen LogP contribution in [0.1, 0.15) is 23.4 Å². The molecule has 1 saturated heterocycles. The zero-order chi connectivity index (χ0) is 14.7. The van der Waals surface area contributed by atoms with Crippen molar-refractivity contribution in [1.82, 2.24) is 19.7 Å².